The Hall–Kier alpha value is -0.580. The van der Waals surface area contributed by atoms with Crippen LogP contribution in [0.2, 0.25) is 5.02 Å². The molecule has 0 bridgehead atoms. The number of hydrogen-bond donors (Lipinski definition) is 1. The average Bonchev–Trinajstić information content (AvgIpc) is 2.40. The molecule has 1 saturated heterocycles. The monoisotopic (exact) mass is 344 g/mol. The SMILES string of the molecule is CC1CNCCN1C(=O)CCc1cc(Cl)ccc1Br. The van der Waals surface area contributed by atoms with Crippen LogP contribution in [-0.2, 0) is 11.2 Å². The van der Waals surface area contributed by atoms with Crippen LogP contribution < -0.4 is 5.32 Å². The summed E-state index contributed by atoms with van der Waals surface area (Å²) in [6, 6.07) is 5.97. The van der Waals surface area contributed by atoms with Crippen molar-refractivity contribution in [2.45, 2.75) is 25.8 Å². The summed E-state index contributed by atoms with van der Waals surface area (Å²) < 4.78 is 1.01. The fourth-order valence-electron chi connectivity index (χ4n) is 2.33. The summed E-state index contributed by atoms with van der Waals surface area (Å²) >= 11 is 9.47. The summed E-state index contributed by atoms with van der Waals surface area (Å²) in [6.07, 6.45) is 1.25. The fraction of sp³-hybridized carbons (Fsp3) is 0.500. The average molecular weight is 346 g/mol. The zero-order valence-corrected chi connectivity index (χ0v) is 13.3. The highest BCUT2D eigenvalue weighted by atomic mass is 79.9. The van der Waals surface area contributed by atoms with E-state index in [2.05, 4.69) is 28.2 Å². The number of nitrogens with one attached hydrogen (secondary N) is 1. The van der Waals surface area contributed by atoms with Crippen molar-refractivity contribution in [1.29, 1.82) is 0 Å². The number of aryl methyl sites for hydroxylation is 1. The number of benzene rings is 1. The molecular weight excluding hydrogens is 328 g/mol. The summed E-state index contributed by atoms with van der Waals surface area (Å²) in [4.78, 5) is 14.2. The molecule has 19 heavy (non-hydrogen) atoms. The molecule has 2 rings (SSSR count). The molecule has 1 amide bonds. The van der Waals surface area contributed by atoms with Crippen molar-refractivity contribution >= 4 is 33.4 Å². The Labute approximate surface area is 127 Å². The van der Waals surface area contributed by atoms with Crippen molar-refractivity contribution in [2.24, 2.45) is 0 Å². The molecule has 5 heteroatoms. The van der Waals surface area contributed by atoms with Crippen molar-refractivity contribution in [1.82, 2.24) is 10.2 Å². The first kappa shape index (κ1) is 14.8. The van der Waals surface area contributed by atoms with Gasteiger partial charge in [-0.05, 0) is 37.1 Å². The molecule has 0 saturated carbocycles. The Morgan fingerprint density at radius 2 is 2.37 bits per heavy atom. The van der Waals surface area contributed by atoms with Crippen molar-refractivity contribution in [2.75, 3.05) is 19.6 Å². The van der Waals surface area contributed by atoms with Gasteiger partial charge in [0.25, 0.3) is 0 Å². The van der Waals surface area contributed by atoms with E-state index < -0.39 is 0 Å². The molecule has 1 aliphatic heterocycles. The first-order valence-corrected chi connectivity index (χ1v) is 7.69. The second-order valence-electron chi connectivity index (χ2n) is 4.88. The minimum Gasteiger partial charge on any atom is -0.337 e. The molecule has 0 aliphatic carbocycles. The molecule has 0 radical (unpaired) electrons. The van der Waals surface area contributed by atoms with Gasteiger partial charge in [-0.2, -0.15) is 0 Å². The van der Waals surface area contributed by atoms with Gasteiger partial charge < -0.3 is 10.2 Å². The highest BCUT2D eigenvalue weighted by molar-refractivity contribution is 9.10. The molecule has 1 aromatic rings. The third-order valence-corrected chi connectivity index (χ3v) is 4.45. The fourth-order valence-corrected chi connectivity index (χ4v) is 2.97. The lowest BCUT2D eigenvalue weighted by Crippen LogP contribution is -2.52. The van der Waals surface area contributed by atoms with Crippen molar-refractivity contribution in [3.05, 3.63) is 33.3 Å². The number of piperazine rings is 1. The van der Waals surface area contributed by atoms with Crippen molar-refractivity contribution in [3.8, 4) is 0 Å². The maximum Gasteiger partial charge on any atom is 0.223 e. The smallest absolute Gasteiger partial charge is 0.223 e. The van der Waals surface area contributed by atoms with E-state index >= 15 is 0 Å². The van der Waals surface area contributed by atoms with Gasteiger partial charge in [0.15, 0.2) is 0 Å². The van der Waals surface area contributed by atoms with E-state index in [1.807, 2.05) is 23.1 Å². The predicted molar refractivity (Wildman–Crippen MR) is 81.5 cm³/mol. The minimum absolute atomic E-state index is 0.223. The lowest BCUT2D eigenvalue weighted by molar-refractivity contribution is -0.133. The summed E-state index contributed by atoms with van der Waals surface area (Å²) in [5.74, 6) is 0.223. The Morgan fingerprint density at radius 1 is 1.58 bits per heavy atom. The molecule has 1 fully saturated rings. The van der Waals surface area contributed by atoms with Crippen LogP contribution in [-0.4, -0.2) is 36.5 Å². The van der Waals surface area contributed by atoms with Crippen LogP contribution in [0.4, 0.5) is 0 Å². The molecule has 1 heterocycles. The topological polar surface area (TPSA) is 32.3 Å². The van der Waals surface area contributed by atoms with Crippen LogP contribution in [0.3, 0.4) is 0 Å². The van der Waals surface area contributed by atoms with Gasteiger partial charge >= 0.3 is 0 Å². The van der Waals surface area contributed by atoms with Crippen LogP contribution in [0, 0.1) is 0 Å². The zero-order chi connectivity index (χ0) is 13.8. The van der Waals surface area contributed by atoms with E-state index in [1.165, 1.54) is 0 Å². The third-order valence-electron chi connectivity index (χ3n) is 3.44. The molecular formula is C14H18BrClN2O. The van der Waals surface area contributed by atoms with Crippen LogP contribution in [0.15, 0.2) is 22.7 Å². The minimum atomic E-state index is 0.223. The lowest BCUT2D eigenvalue weighted by Gasteiger charge is -2.34. The number of carbonyl (C=O) groups excluding carboxylic acids is 1. The predicted octanol–water partition coefficient (Wildman–Crippen LogP) is 2.86. The van der Waals surface area contributed by atoms with Gasteiger partial charge in [-0.15, -0.1) is 0 Å². The Balaban J connectivity index is 1.94. The lowest BCUT2D eigenvalue weighted by atomic mass is 10.1. The van der Waals surface area contributed by atoms with E-state index in [-0.39, 0.29) is 11.9 Å². The molecule has 1 atom stereocenters. The normalized spacial score (nSPS) is 19.5. The van der Waals surface area contributed by atoms with Gasteiger partial charge in [0, 0.05) is 41.6 Å². The van der Waals surface area contributed by atoms with Gasteiger partial charge in [0.2, 0.25) is 5.91 Å². The standard InChI is InChI=1S/C14H18BrClN2O/c1-10-9-17-6-7-18(10)14(19)5-2-11-8-12(16)3-4-13(11)15/h3-4,8,10,17H,2,5-7,9H2,1H3. The van der Waals surface area contributed by atoms with Crippen LogP contribution in [0.5, 0.6) is 0 Å². The van der Waals surface area contributed by atoms with Crippen LogP contribution >= 0.6 is 27.5 Å². The molecule has 0 aromatic heterocycles. The Kier molecular flexibility index (Phi) is 5.25. The summed E-state index contributed by atoms with van der Waals surface area (Å²) in [5.41, 5.74) is 1.09. The van der Waals surface area contributed by atoms with Crippen LogP contribution in [0.1, 0.15) is 18.9 Å². The van der Waals surface area contributed by atoms with Gasteiger partial charge in [0.1, 0.15) is 0 Å². The first-order chi connectivity index (χ1) is 9.08. The highest BCUT2D eigenvalue weighted by Gasteiger charge is 2.22. The number of amides is 1. The van der Waals surface area contributed by atoms with E-state index in [9.17, 15) is 4.79 Å². The number of nitrogens with zero attached hydrogens (tertiary/aromatic N) is 1. The van der Waals surface area contributed by atoms with E-state index in [0.29, 0.717) is 11.4 Å². The molecule has 1 aromatic carbocycles. The molecule has 0 spiro atoms. The van der Waals surface area contributed by atoms with Gasteiger partial charge in [-0.3, -0.25) is 4.79 Å². The Morgan fingerprint density at radius 3 is 3.11 bits per heavy atom. The number of halogens is 2. The molecule has 3 nitrogen and oxygen atoms in total. The molecule has 1 aliphatic rings. The van der Waals surface area contributed by atoms with Gasteiger partial charge in [-0.1, -0.05) is 27.5 Å². The van der Waals surface area contributed by atoms with Crippen LogP contribution in [0.25, 0.3) is 0 Å². The quantitative estimate of drug-likeness (QED) is 0.913. The molecule has 104 valence electrons. The summed E-state index contributed by atoms with van der Waals surface area (Å²) in [5, 5.41) is 4.00. The highest BCUT2D eigenvalue weighted by Crippen LogP contribution is 2.22. The maximum absolute atomic E-state index is 12.2. The van der Waals surface area contributed by atoms with Crippen molar-refractivity contribution in [3.63, 3.8) is 0 Å². The number of carbonyl (C=O) groups is 1. The molecule has 1 unspecified atom stereocenters. The maximum atomic E-state index is 12.2. The summed E-state index contributed by atoms with van der Waals surface area (Å²) in [7, 11) is 0. The van der Waals surface area contributed by atoms with Gasteiger partial charge in [0.05, 0.1) is 0 Å². The Bertz CT molecular complexity index is 467. The summed E-state index contributed by atoms with van der Waals surface area (Å²) in [6.45, 7) is 4.65. The second kappa shape index (κ2) is 6.73. The van der Waals surface area contributed by atoms with Gasteiger partial charge in [-0.25, -0.2) is 0 Å². The first-order valence-electron chi connectivity index (χ1n) is 6.52. The zero-order valence-electron chi connectivity index (χ0n) is 11.0. The second-order valence-corrected chi connectivity index (χ2v) is 6.17. The number of hydrogen-bond acceptors (Lipinski definition) is 2. The largest absolute Gasteiger partial charge is 0.337 e. The van der Waals surface area contributed by atoms with E-state index in [1.54, 1.807) is 0 Å². The molecule has 1 N–H and O–H groups in total. The third kappa shape index (κ3) is 3.94. The van der Waals surface area contributed by atoms with E-state index in [4.69, 9.17) is 11.6 Å². The van der Waals surface area contributed by atoms with Crippen molar-refractivity contribution < 1.29 is 4.79 Å². The van der Waals surface area contributed by atoms with E-state index in [0.717, 1.165) is 36.1 Å². The number of rotatable bonds is 3.